The lowest BCUT2D eigenvalue weighted by molar-refractivity contribution is -0.137. The Balaban J connectivity index is 2.33. The lowest BCUT2D eigenvalue weighted by Gasteiger charge is -2.11. The van der Waals surface area contributed by atoms with Crippen LogP contribution in [0.2, 0.25) is 0 Å². The molecule has 0 saturated carbocycles. The van der Waals surface area contributed by atoms with Crippen molar-refractivity contribution in [2.24, 2.45) is 5.73 Å². The summed E-state index contributed by atoms with van der Waals surface area (Å²) in [5.74, 6) is -0.975. The SMILES string of the molecule is COc1ccc(C(N)=O)cc1C(=O)Cc1cccc(C(F)(F)F)c1. The average molecular weight is 337 g/mol. The number of rotatable bonds is 5. The smallest absolute Gasteiger partial charge is 0.416 e. The van der Waals surface area contributed by atoms with E-state index in [0.29, 0.717) is 0 Å². The zero-order valence-corrected chi connectivity index (χ0v) is 12.7. The van der Waals surface area contributed by atoms with Gasteiger partial charge in [0.15, 0.2) is 5.78 Å². The fourth-order valence-corrected chi connectivity index (χ4v) is 2.22. The molecule has 0 unspecified atom stereocenters. The van der Waals surface area contributed by atoms with Crippen molar-refractivity contribution in [3.63, 3.8) is 0 Å². The molecule has 2 N–H and O–H groups in total. The molecular weight excluding hydrogens is 323 g/mol. The van der Waals surface area contributed by atoms with Crippen molar-refractivity contribution in [3.05, 3.63) is 64.7 Å². The van der Waals surface area contributed by atoms with Crippen LogP contribution in [0, 0.1) is 0 Å². The number of carbonyl (C=O) groups is 2. The Morgan fingerprint density at radius 1 is 1.12 bits per heavy atom. The summed E-state index contributed by atoms with van der Waals surface area (Å²) in [6, 6.07) is 8.61. The van der Waals surface area contributed by atoms with Crippen LogP contribution in [-0.4, -0.2) is 18.8 Å². The number of hydrogen-bond donors (Lipinski definition) is 1. The van der Waals surface area contributed by atoms with Gasteiger partial charge in [0.05, 0.1) is 18.2 Å². The van der Waals surface area contributed by atoms with Crippen molar-refractivity contribution in [2.45, 2.75) is 12.6 Å². The molecule has 2 aromatic rings. The zero-order valence-electron chi connectivity index (χ0n) is 12.7. The molecule has 0 aliphatic carbocycles. The number of methoxy groups -OCH3 is 1. The molecular formula is C17H14F3NO3. The van der Waals surface area contributed by atoms with Gasteiger partial charge in [-0.15, -0.1) is 0 Å². The van der Waals surface area contributed by atoms with E-state index in [1.54, 1.807) is 0 Å². The number of nitrogens with two attached hydrogens (primary N) is 1. The molecule has 0 spiro atoms. The van der Waals surface area contributed by atoms with E-state index in [9.17, 15) is 22.8 Å². The highest BCUT2D eigenvalue weighted by atomic mass is 19.4. The van der Waals surface area contributed by atoms with Crippen molar-refractivity contribution in [1.29, 1.82) is 0 Å². The van der Waals surface area contributed by atoms with Gasteiger partial charge in [0.25, 0.3) is 0 Å². The highest BCUT2D eigenvalue weighted by Gasteiger charge is 2.30. The first kappa shape index (κ1) is 17.5. The van der Waals surface area contributed by atoms with E-state index in [1.165, 1.54) is 37.4 Å². The number of primary amides is 1. The van der Waals surface area contributed by atoms with Gasteiger partial charge in [-0.2, -0.15) is 13.2 Å². The minimum absolute atomic E-state index is 0.0891. The number of ketones is 1. The van der Waals surface area contributed by atoms with Crippen LogP contribution in [0.4, 0.5) is 13.2 Å². The Labute approximate surface area is 136 Å². The van der Waals surface area contributed by atoms with Crippen molar-refractivity contribution >= 4 is 11.7 Å². The molecule has 0 aromatic heterocycles. The summed E-state index contributed by atoms with van der Waals surface area (Å²) in [6.45, 7) is 0. The Kier molecular flexibility index (Phi) is 4.92. The van der Waals surface area contributed by atoms with E-state index in [0.717, 1.165) is 12.1 Å². The van der Waals surface area contributed by atoms with Gasteiger partial charge in [0.2, 0.25) is 5.91 Å². The number of amides is 1. The number of hydrogen-bond acceptors (Lipinski definition) is 3. The lowest BCUT2D eigenvalue weighted by atomic mass is 9.99. The number of Topliss-reactive ketones (excluding diaryl/α,β-unsaturated/α-hetero) is 1. The normalized spacial score (nSPS) is 11.2. The monoisotopic (exact) mass is 337 g/mol. The highest BCUT2D eigenvalue weighted by molar-refractivity contribution is 6.03. The van der Waals surface area contributed by atoms with E-state index >= 15 is 0 Å². The van der Waals surface area contributed by atoms with E-state index < -0.39 is 23.4 Å². The van der Waals surface area contributed by atoms with Crippen molar-refractivity contribution < 1.29 is 27.5 Å². The van der Waals surface area contributed by atoms with Gasteiger partial charge in [-0.3, -0.25) is 9.59 Å². The summed E-state index contributed by atoms with van der Waals surface area (Å²) < 4.78 is 43.3. The third-order valence-electron chi connectivity index (χ3n) is 3.40. The number of alkyl halides is 3. The van der Waals surface area contributed by atoms with Gasteiger partial charge in [-0.1, -0.05) is 18.2 Å². The van der Waals surface area contributed by atoms with Crippen molar-refractivity contribution in [1.82, 2.24) is 0 Å². The first-order valence-electron chi connectivity index (χ1n) is 6.89. The molecule has 0 atom stereocenters. The summed E-state index contributed by atoms with van der Waals surface area (Å²) in [5, 5.41) is 0. The molecule has 2 rings (SSSR count). The molecule has 0 radical (unpaired) electrons. The van der Waals surface area contributed by atoms with E-state index in [-0.39, 0.29) is 28.9 Å². The molecule has 2 aromatic carbocycles. The van der Waals surface area contributed by atoms with Gasteiger partial charge in [0.1, 0.15) is 5.75 Å². The number of carbonyl (C=O) groups excluding carboxylic acids is 2. The molecule has 24 heavy (non-hydrogen) atoms. The van der Waals surface area contributed by atoms with Crippen LogP contribution in [0.15, 0.2) is 42.5 Å². The van der Waals surface area contributed by atoms with Crippen LogP contribution in [0.25, 0.3) is 0 Å². The fraction of sp³-hybridized carbons (Fsp3) is 0.176. The Morgan fingerprint density at radius 2 is 1.83 bits per heavy atom. The van der Waals surface area contributed by atoms with Gasteiger partial charge in [-0.05, 0) is 29.8 Å². The summed E-state index contributed by atoms with van der Waals surface area (Å²) in [7, 11) is 1.35. The summed E-state index contributed by atoms with van der Waals surface area (Å²) >= 11 is 0. The second-order valence-corrected chi connectivity index (χ2v) is 5.08. The second kappa shape index (κ2) is 6.74. The van der Waals surface area contributed by atoms with E-state index in [1.807, 2.05) is 0 Å². The van der Waals surface area contributed by atoms with Crippen molar-refractivity contribution in [3.8, 4) is 5.75 Å². The van der Waals surface area contributed by atoms with Gasteiger partial charge in [0, 0.05) is 12.0 Å². The molecule has 0 fully saturated rings. The van der Waals surface area contributed by atoms with E-state index in [4.69, 9.17) is 10.5 Å². The van der Waals surface area contributed by atoms with E-state index in [2.05, 4.69) is 0 Å². The van der Waals surface area contributed by atoms with Gasteiger partial charge < -0.3 is 10.5 Å². The largest absolute Gasteiger partial charge is 0.496 e. The maximum absolute atomic E-state index is 12.7. The fourth-order valence-electron chi connectivity index (χ4n) is 2.22. The minimum atomic E-state index is -4.48. The average Bonchev–Trinajstić information content (AvgIpc) is 2.53. The molecule has 0 aliphatic heterocycles. The second-order valence-electron chi connectivity index (χ2n) is 5.08. The molecule has 0 aliphatic rings. The predicted molar refractivity (Wildman–Crippen MR) is 81.0 cm³/mol. The number of benzene rings is 2. The molecule has 1 amide bonds. The summed E-state index contributed by atoms with van der Waals surface area (Å²) in [6.07, 6.45) is -4.74. The Hall–Kier alpha value is -2.83. The van der Waals surface area contributed by atoms with Gasteiger partial charge >= 0.3 is 6.18 Å². The first-order chi connectivity index (χ1) is 11.2. The topological polar surface area (TPSA) is 69.4 Å². The zero-order chi connectivity index (χ0) is 17.9. The van der Waals surface area contributed by atoms with Crippen LogP contribution < -0.4 is 10.5 Å². The molecule has 126 valence electrons. The first-order valence-corrected chi connectivity index (χ1v) is 6.89. The van der Waals surface area contributed by atoms with Crippen LogP contribution >= 0.6 is 0 Å². The summed E-state index contributed by atoms with van der Waals surface area (Å²) in [5.41, 5.74) is 4.76. The van der Waals surface area contributed by atoms with Crippen LogP contribution in [0.3, 0.4) is 0 Å². The summed E-state index contributed by atoms with van der Waals surface area (Å²) in [4.78, 5) is 23.7. The van der Waals surface area contributed by atoms with Crippen LogP contribution in [0.1, 0.15) is 31.8 Å². The molecule has 0 heterocycles. The maximum Gasteiger partial charge on any atom is 0.416 e. The molecule has 0 saturated heterocycles. The standard InChI is InChI=1S/C17H14F3NO3/c1-24-15-6-5-11(16(21)23)9-13(15)14(22)8-10-3-2-4-12(7-10)17(18,19)20/h2-7,9H,8H2,1H3,(H2,21,23). The van der Waals surface area contributed by atoms with Gasteiger partial charge in [-0.25, -0.2) is 0 Å². The van der Waals surface area contributed by atoms with Crippen LogP contribution in [-0.2, 0) is 12.6 Å². The third kappa shape index (κ3) is 3.92. The molecule has 0 bridgehead atoms. The van der Waals surface area contributed by atoms with Crippen LogP contribution in [0.5, 0.6) is 5.75 Å². The predicted octanol–water partition coefficient (Wildman–Crippen LogP) is 3.24. The third-order valence-corrected chi connectivity index (χ3v) is 3.40. The molecule has 4 nitrogen and oxygen atoms in total. The lowest BCUT2D eigenvalue weighted by Crippen LogP contribution is -2.13. The maximum atomic E-state index is 12.7. The Bertz CT molecular complexity index is 785. The Morgan fingerprint density at radius 3 is 2.42 bits per heavy atom. The number of ether oxygens (including phenoxy) is 1. The highest BCUT2D eigenvalue weighted by Crippen LogP contribution is 2.30. The minimum Gasteiger partial charge on any atom is -0.496 e. The molecule has 7 heteroatoms. The number of halogens is 3. The quantitative estimate of drug-likeness (QED) is 0.852. The van der Waals surface area contributed by atoms with Crippen molar-refractivity contribution in [2.75, 3.05) is 7.11 Å².